The van der Waals surface area contributed by atoms with Gasteiger partial charge >= 0.3 is 5.97 Å². The highest BCUT2D eigenvalue weighted by molar-refractivity contribution is 5.90. The Bertz CT molecular complexity index is 930. The predicted octanol–water partition coefficient (Wildman–Crippen LogP) is 4.65. The van der Waals surface area contributed by atoms with Crippen molar-refractivity contribution in [2.45, 2.75) is 39.0 Å². The van der Waals surface area contributed by atoms with E-state index in [0.29, 0.717) is 17.2 Å². The van der Waals surface area contributed by atoms with Crippen molar-refractivity contribution in [1.82, 2.24) is 9.97 Å². The van der Waals surface area contributed by atoms with Crippen molar-refractivity contribution in [3.63, 3.8) is 0 Å². The number of hydrogen-bond donors (Lipinski definition) is 1. The third-order valence-corrected chi connectivity index (χ3v) is 5.29. The molecule has 0 bridgehead atoms. The van der Waals surface area contributed by atoms with Crippen molar-refractivity contribution in [3.05, 3.63) is 47.5 Å². The van der Waals surface area contributed by atoms with E-state index >= 15 is 0 Å². The first-order valence-corrected chi connectivity index (χ1v) is 10.3. The lowest BCUT2D eigenvalue weighted by Crippen LogP contribution is -2.13. The molecule has 6 nitrogen and oxygen atoms in total. The van der Waals surface area contributed by atoms with Gasteiger partial charge in [0.05, 0.1) is 24.6 Å². The molecule has 1 heterocycles. The topological polar surface area (TPSA) is 87.3 Å². The molecule has 1 aliphatic rings. The number of carbonyl (C=O) groups excluding carboxylic acids is 1. The highest BCUT2D eigenvalue weighted by atomic mass is 19.1. The van der Waals surface area contributed by atoms with Gasteiger partial charge in [0.15, 0.2) is 0 Å². The van der Waals surface area contributed by atoms with E-state index < -0.39 is 11.8 Å². The van der Waals surface area contributed by atoms with Gasteiger partial charge < -0.3 is 15.2 Å². The molecule has 30 heavy (non-hydrogen) atoms. The Kier molecular flexibility index (Phi) is 7.52. The van der Waals surface area contributed by atoms with E-state index in [-0.39, 0.29) is 11.4 Å². The van der Waals surface area contributed by atoms with Gasteiger partial charge in [-0.05, 0) is 49.3 Å². The number of anilines is 1. The highest BCUT2D eigenvalue weighted by Gasteiger charge is 2.19. The van der Waals surface area contributed by atoms with Gasteiger partial charge in [-0.15, -0.1) is 0 Å². The number of rotatable bonds is 8. The number of hydrogen-bond acceptors (Lipinski definition) is 6. The van der Waals surface area contributed by atoms with Crippen molar-refractivity contribution in [2.75, 3.05) is 26.1 Å². The average molecular weight is 413 g/mol. The Morgan fingerprint density at radius 1 is 1.37 bits per heavy atom. The molecule has 0 spiro atoms. The molecule has 1 aliphatic carbocycles. The third kappa shape index (κ3) is 5.21. The fourth-order valence-electron chi connectivity index (χ4n) is 3.47. The molecular weight excluding hydrogens is 385 g/mol. The highest BCUT2D eigenvalue weighted by Crippen LogP contribution is 2.32. The van der Waals surface area contributed by atoms with Crippen LogP contribution in [-0.4, -0.2) is 36.3 Å². The Hall–Kier alpha value is -2.80. The summed E-state index contributed by atoms with van der Waals surface area (Å²) < 4.78 is 24.7. The van der Waals surface area contributed by atoms with Crippen molar-refractivity contribution in [1.29, 1.82) is 0 Å². The first kappa shape index (κ1) is 21.9. The van der Waals surface area contributed by atoms with Gasteiger partial charge in [-0.3, -0.25) is 0 Å². The predicted molar refractivity (Wildman–Crippen MR) is 114 cm³/mol. The number of allylic oxidation sites excluding steroid dienone is 2. The number of carbonyl (C=O) groups is 1. The second-order valence-corrected chi connectivity index (χ2v) is 7.47. The number of aromatic nitrogens is 2. The quantitative estimate of drug-likeness (QED) is 0.501. The molecule has 2 N–H and O–H groups in total. The Morgan fingerprint density at radius 3 is 2.87 bits per heavy atom. The minimum Gasteiger partial charge on any atom is -0.465 e. The lowest BCUT2D eigenvalue weighted by molar-refractivity contribution is 0.0595. The Balaban J connectivity index is 1.75. The van der Waals surface area contributed by atoms with Crippen molar-refractivity contribution >= 4 is 17.4 Å². The van der Waals surface area contributed by atoms with Crippen LogP contribution in [0.3, 0.4) is 0 Å². The maximum atomic E-state index is 14.3. The van der Waals surface area contributed by atoms with Crippen LogP contribution in [0.15, 0.2) is 30.5 Å². The standard InChI is InChI=1S/C23H28FN3O3/c1-3-4-11-30-14-15-5-7-16(8-6-15)20-13-26-22(25)21(27-20)17-9-10-18(19(24)12-17)23(28)29-2/h7,9-10,12-13,15H,3-6,8,11,14H2,1-2H3,(H2,25,26). The first-order chi connectivity index (χ1) is 14.5. The molecule has 0 aliphatic heterocycles. The largest absolute Gasteiger partial charge is 0.465 e. The number of ether oxygens (including phenoxy) is 2. The SMILES string of the molecule is CCCCOCC1CC=C(c2cnc(N)c(-c3ccc(C(=O)OC)c(F)c3)n2)CC1. The summed E-state index contributed by atoms with van der Waals surface area (Å²) in [6, 6.07) is 4.20. The second kappa shape index (κ2) is 10.3. The number of unbranched alkanes of at least 4 members (excludes halogenated alkanes) is 1. The van der Waals surface area contributed by atoms with Crippen LogP contribution in [0, 0.1) is 11.7 Å². The van der Waals surface area contributed by atoms with Crippen LogP contribution in [0.5, 0.6) is 0 Å². The monoisotopic (exact) mass is 413 g/mol. The number of nitrogen functional groups attached to an aromatic ring is 1. The number of nitrogens with two attached hydrogens (primary N) is 1. The van der Waals surface area contributed by atoms with Crippen LogP contribution in [0.25, 0.3) is 16.8 Å². The molecule has 1 unspecified atom stereocenters. The molecule has 0 fully saturated rings. The zero-order chi connectivity index (χ0) is 21.5. The number of esters is 1. The molecule has 0 amide bonds. The van der Waals surface area contributed by atoms with Crippen molar-refractivity contribution in [2.24, 2.45) is 5.92 Å². The maximum Gasteiger partial charge on any atom is 0.340 e. The van der Waals surface area contributed by atoms with E-state index in [4.69, 9.17) is 10.5 Å². The van der Waals surface area contributed by atoms with Crippen molar-refractivity contribution < 1.29 is 18.7 Å². The van der Waals surface area contributed by atoms with E-state index in [1.165, 1.54) is 19.2 Å². The van der Waals surface area contributed by atoms with Crippen LogP contribution < -0.4 is 5.73 Å². The van der Waals surface area contributed by atoms with Gasteiger partial charge in [0, 0.05) is 18.8 Å². The molecule has 3 rings (SSSR count). The zero-order valence-electron chi connectivity index (χ0n) is 17.5. The van der Waals surface area contributed by atoms with Gasteiger partial charge in [-0.25, -0.2) is 19.2 Å². The summed E-state index contributed by atoms with van der Waals surface area (Å²) in [6.45, 7) is 3.76. The maximum absolute atomic E-state index is 14.3. The van der Waals surface area contributed by atoms with E-state index in [9.17, 15) is 9.18 Å². The number of methoxy groups -OCH3 is 1. The molecule has 1 aromatic heterocycles. The zero-order valence-corrected chi connectivity index (χ0v) is 17.5. The third-order valence-electron chi connectivity index (χ3n) is 5.29. The number of benzene rings is 1. The molecule has 7 heteroatoms. The number of nitrogens with zero attached hydrogens (tertiary/aromatic N) is 2. The summed E-state index contributed by atoms with van der Waals surface area (Å²) in [6.07, 6.45) is 8.92. The fourth-order valence-corrected chi connectivity index (χ4v) is 3.47. The minimum absolute atomic E-state index is 0.133. The summed E-state index contributed by atoms with van der Waals surface area (Å²) in [4.78, 5) is 20.5. The van der Waals surface area contributed by atoms with Gasteiger partial charge in [-0.1, -0.05) is 25.5 Å². The second-order valence-electron chi connectivity index (χ2n) is 7.47. The molecule has 0 saturated carbocycles. The summed E-state index contributed by atoms with van der Waals surface area (Å²) >= 11 is 0. The summed E-state index contributed by atoms with van der Waals surface area (Å²) in [5.74, 6) is -0.685. The molecule has 2 aromatic rings. The van der Waals surface area contributed by atoms with Crippen LogP contribution in [0.1, 0.15) is 55.1 Å². The molecule has 0 radical (unpaired) electrons. The number of halogens is 1. The van der Waals surface area contributed by atoms with Crippen LogP contribution >= 0.6 is 0 Å². The first-order valence-electron chi connectivity index (χ1n) is 10.3. The molecule has 0 saturated heterocycles. The molecule has 1 atom stereocenters. The van der Waals surface area contributed by atoms with Crippen molar-refractivity contribution in [3.8, 4) is 11.3 Å². The Morgan fingerprint density at radius 2 is 2.20 bits per heavy atom. The summed E-state index contributed by atoms with van der Waals surface area (Å²) in [5.41, 5.74) is 8.58. The lowest BCUT2D eigenvalue weighted by Gasteiger charge is -2.22. The lowest BCUT2D eigenvalue weighted by atomic mass is 9.89. The summed E-state index contributed by atoms with van der Waals surface area (Å²) in [5, 5.41) is 0. The van der Waals surface area contributed by atoms with Gasteiger partial charge in [0.2, 0.25) is 0 Å². The minimum atomic E-state index is -0.729. The van der Waals surface area contributed by atoms with E-state index in [1.807, 2.05) is 0 Å². The van der Waals surface area contributed by atoms with Crippen LogP contribution in [0.2, 0.25) is 0 Å². The molecular formula is C23H28FN3O3. The van der Waals surface area contributed by atoms with Gasteiger partial charge in [-0.2, -0.15) is 0 Å². The summed E-state index contributed by atoms with van der Waals surface area (Å²) in [7, 11) is 1.21. The Labute approximate surface area is 176 Å². The van der Waals surface area contributed by atoms with E-state index in [2.05, 4.69) is 27.7 Å². The van der Waals surface area contributed by atoms with Gasteiger partial charge in [0.1, 0.15) is 17.3 Å². The average Bonchev–Trinajstić information content (AvgIpc) is 2.77. The van der Waals surface area contributed by atoms with Crippen LogP contribution in [0.4, 0.5) is 10.2 Å². The fraction of sp³-hybridized carbons (Fsp3) is 0.435. The van der Waals surface area contributed by atoms with Gasteiger partial charge in [0.25, 0.3) is 0 Å². The van der Waals surface area contributed by atoms with E-state index in [1.54, 1.807) is 12.3 Å². The smallest absolute Gasteiger partial charge is 0.340 e. The van der Waals surface area contributed by atoms with E-state index in [0.717, 1.165) is 56.6 Å². The molecule has 160 valence electrons. The molecule has 1 aromatic carbocycles. The normalized spacial score (nSPS) is 16.2. The van der Waals surface area contributed by atoms with Crippen LogP contribution in [-0.2, 0) is 9.47 Å².